The third-order valence-electron chi connectivity index (χ3n) is 3.54. The van der Waals surface area contributed by atoms with Crippen molar-refractivity contribution in [3.63, 3.8) is 0 Å². The minimum Gasteiger partial charge on any atom is -0.323 e. The summed E-state index contributed by atoms with van der Waals surface area (Å²) in [5.74, 6) is 0. The molecule has 4 heteroatoms. The van der Waals surface area contributed by atoms with E-state index in [1.807, 2.05) is 23.0 Å². The van der Waals surface area contributed by atoms with E-state index >= 15 is 0 Å². The summed E-state index contributed by atoms with van der Waals surface area (Å²) in [5, 5.41) is 0. The molecule has 2 aromatic rings. The molecule has 0 saturated heterocycles. The summed E-state index contributed by atoms with van der Waals surface area (Å²) in [5.41, 5.74) is 9.77. The van der Waals surface area contributed by atoms with E-state index in [4.69, 9.17) is 5.73 Å². The van der Waals surface area contributed by atoms with E-state index < -0.39 is 0 Å². The molecule has 18 heavy (non-hydrogen) atoms. The van der Waals surface area contributed by atoms with Crippen molar-refractivity contribution in [2.75, 3.05) is 0 Å². The van der Waals surface area contributed by atoms with E-state index in [-0.39, 0.29) is 6.04 Å². The minimum atomic E-state index is 0.141. The third-order valence-corrected chi connectivity index (χ3v) is 5.71. The minimum absolute atomic E-state index is 0.141. The standard InChI is InChI=1S/C14H18N2S2/c15-12(7-11-8-16-9-17-11)14-6-10-4-2-1-3-5-13(10)18-14/h6,8-9,12H,1-5,7,15H2. The first-order valence-electron chi connectivity index (χ1n) is 6.57. The van der Waals surface area contributed by atoms with Gasteiger partial charge in [-0.15, -0.1) is 22.7 Å². The molecule has 2 N–H and O–H groups in total. The number of fused-ring (bicyclic) bond motifs is 1. The Labute approximate surface area is 116 Å². The number of rotatable bonds is 3. The number of thiophene rings is 1. The molecule has 0 saturated carbocycles. The Kier molecular flexibility index (Phi) is 3.77. The normalized spacial score (nSPS) is 17.2. The highest BCUT2D eigenvalue weighted by Gasteiger charge is 2.16. The molecule has 1 aliphatic carbocycles. The second-order valence-electron chi connectivity index (χ2n) is 4.94. The zero-order chi connectivity index (χ0) is 12.4. The number of nitrogens with zero attached hydrogens (tertiary/aromatic N) is 1. The molecule has 0 bridgehead atoms. The van der Waals surface area contributed by atoms with Gasteiger partial charge in [0.05, 0.1) is 5.51 Å². The second-order valence-corrected chi connectivity index (χ2v) is 7.08. The molecule has 3 rings (SSSR count). The quantitative estimate of drug-likeness (QED) is 0.869. The molecule has 0 fully saturated rings. The van der Waals surface area contributed by atoms with Crippen molar-refractivity contribution in [2.24, 2.45) is 5.73 Å². The topological polar surface area (TPSA) is 38.9 Å². The van der Waals surface area contributed by atoms with E-state index in [1.54, 1.807) is 21.8 Å². The van der Waals surface area contributed by atoms with Gasteiger partial charge >= 0.3 is 0 Å². The molecule has 96 valence electrons. The fourth-order valence-electron chi connectivity index (χ4n) is 2.53. The lowest BCUT2D eigenvalue weighted by molar-refractivity contribution is 0.710. The zero-order valence-corrected chi connectivity index (χ0v) is 12.0. The van der Waals surface area contributed by atoms with Crippen LogP contribution >= 0.6 is 22.7 Å². The molecule has 1 atom stereocenters. The average Bonchev–Trinajstić information content (AvgIpc) is 2.95. The van der Waals surface area contributed by atoms with Crippen molar-refractivity contribution in [3.05, 3.63) is 38.0 Å². The Hall–Kier alpha value is -0.710. The van der Waals surface area contributed by atoms with Crippen molar-refractivity contribution >= 4 is 22.7 Å². The Morgan fingerprint density at radius 3 is 3.00 bits per heavy atom. The summed E-state index contributed by atoms with van der Waals surface area (Å²) in [7, 11) is 0. The Bertz CT molecular complexity index is 478. The van der Waals surface area contributed by atoms with Crippen LogP contribution in [0.5, 0.6) is 0 Å². The van der Waals surface area contributed by atoms with Gasteiger partial charge in [0.15, 0.2) is 0 Å². The summed E-state index contributed by atoms with van der Waals surface area (Å²) >= 11 is 3.64. The Balaban J connectivity index is 1.76. The second kappa shape index (κ2) is 5.51. The van der Waals surface area contributed by atoms with Gasteiger partial charge in [0, 0.05) is 33.3 Å². The molecular formula is C14H18N2S2. The van der Waals surface area contributed by atoms with E-state index in [0.717, 1.165) is 6.42 Å². The smallest absolute Gasteiger partial charge is 0.0794 e. The molecule has 0 amide bonds. The van der Waals surface area contributed by atoms with Crippen molar-refractivity contribution in [2.45, 2.75) is 44.6 Å². The molecular weight excluding hydrogens is 260 g/mol. The maximum Gasteiger partial charge on any atom is 0.0794 e. The third kappa shape index (κ3) is 2.66. The lowest BCUT2D eigenvalue weighted by Crippen LogP contribution is -2.11. The van der Waals surface area contributed by atoms with Gasteiger partial charge in [-0.1, -0.05) is 6.42 Å². The van der Waals surface area contributed by atoms with Gasteiger partial charge in [-0.25, -0.2) is 0 Å². The van der Waals surface area contributed by atoms with Crippen LogP contribution in [0.2, 0.25) is 0 Å². The number of hydrogen-bond acceptors (Lipinski definition) is 4. The molecule has 0 aliphatic heterocycles. The number of nitrogens with two attached hydrogens (primary N) is 1. The number of hydrogen-bond donors (Lipinski definition) is 1. The predicted octanol–water partition coefficient (Wildman–Crippen LogP) is 3.72. The summed E-state index contributed by atoms with van der Waals surface area (Å²) in [6.45, 7) is 0. The monoisotopic (exact) mass is 278 g/mol. The van der Waals surface area contributed by atoms with Crippen molar-refractivity contribution < 1.29 is 0 Å². The maximum absolute atomic E-state index is 6.33. The van der Waals surface area contributed by atoms with E-state index in [9.17, 15) is 0 Å². The van der Waals surface area contributed by atoms with Gasteiger partial charge in [-0.05, 0) is 37.3 Å². The Morgan fingerprint density at radius 2 is 2.17 bits per heavy atom. The van der Waals surface area contributed by atoms with Crippen LogP contribution < -0.4 is 5.73 Å². The molecule has 0 radical (unpaired) electrons. The highest BCUT2D eigenvalue weighted by atomic mass is 32.1. The van der Waals surface area contributed by atoms with Crippen molar-refractivity contribution in [3.8, 4) is 0 Å². The molecule has 1 unspecified atom stereocenters. The molecule has 1 aliphatic rings. The molecule has 2 nitrogen and oxygen atoms in total. The number of thiazole rings is 1. The zero-order valence-electron chi connectivity index (χ0n) is 10.4. The molecule has 2 aromatic heterocycles. The maximum atomic E-state index is 6.33. The molecule has 2 heterocycles. The van der Waals surface area contributed by atoms with Gasteiger partial charge < -0.3 is 5.73 Å². The number of aromatic nitrogens is 1. The fourth-order valence-corrected chi connectivity index (χ4v) is 4.45. The van der Waals surface area contributed by atoms with Crippen LogP contribution in [0.25, 0.3) is 0 Å². The van der Waals surface area contributed by atoms with Crippen LogP contribution in [-0.4, -0.2) is 4.98 Å². The first kappa shape index (κ1) is 12.3. The molecule has 0 aromatic carbocycles. The fraction of sp³-hybridized carbons (Fsp3) is 0.500. The van der Waals surface area contributed by atoms with Gasteiger partial charge in [-0.2, -0.15) is 0 Å². The van der Waals surface area contributed by atoms with E-state index in [1.165, 1.54) is 41.9 Å². The highest BCUT2D eigenvalue weighted by molar-refractivity contribution is 7.12. The van der Waals surface area contributed by atoms with Crippen molar-refractivity contribution in [1.29, 1.82) is 0 Å². The average molecular weight is 278 g/mol. The van der Waals surface area contributed by atoms with Gasteiger partial charge in [0.1, 0.15) is 0 Å². The lowest BCUT2D eigenvalue weighted by atomic mass is 10.1. The van der Waals surface area contributed by atoms with Gasteiger partial charge in [0.2, 0.25) is 0 Å². The summed E-state index contributed by atoms with van der Waals surface area (Å²) in [6.07, 6.45) is 9.42. The van der Waals surface area contributed by atoms with Crippen LogP contribution in [0.3, 0.4) is 0 Å². The SMILES string of the molecule is NC(Cc1cncs1)c1cc2c(s1)CCCCC2. The van der Waals surface area contributed by atoms with E-state index in [2.05, 4.69) is 11.1 Å². The highest BCUT2D eigenvalue weighted by Crippen LogP contribution is 2.32. The van der Waals surface area contributed by atoms with Crippen molar-refractivity contribution in [1.82, 2.24) is 4.98 Å². The predicted molar refractivity (Wildman–Crippen MR) is 78.3 cm³/mol. The van der Waals surface area contributed by atoms with E-state index in [0.29, 0.717) is 0 Å². The first-order chi connectivity index (χ1) is 8.83. The summed E-state index contributed by atoms with van der Waals surface area (Å²) in [4.78, 5) is 8.34. The van der Waals surface area contributed by atoms with Crippen LogP contribution in [0.1, 0.15) is 45.5 Å². The molecule has 0 spiro atoms. The number of aryl methyl sites for hydroxylation is 2. The first-order valence-corrected chi connectivity index (χ1v) is 8.27. The summed E-state index contributed by atoms with van der Waals surface area (Å²) < 4.78 is 0. The van der Waals surface area contributed by atoms with Crippen LogP contribution in [0, 0.1) is 0 Å². The van der Waals surface area contributed by atoms with Gasteiger partial charge in [-0.3, -0.25) is 4.98 Å². The largest absolute Gasteiger partial charge is 0.323 e. The van der Waals surface area contributed by atoms with Crippen LogP contribution in [-0.2, 0) is 19.3 Å². The summed E-state index contributed by atoms with van der Waals surface area (Å²) in [6, 6.07) is 2.50. The van der Waals surface area contributed by atoms with Gasteiger partial charge in [0.25, 0.3) is 0 Å². The van der Waals surface area contributed by atoms with Crippen LogP contribution in [0.15, 0.2) is 17.8 Å². The Morgan fingerprint density at radius 1 is 1.28 bits per heavy atom. The lowest BCUT2D eigenvalue weighted by Gasteiger charge is -2.07. The van der Waals surface area contributed by atoms with Crippen LogP contribution in [0.4, 0.5) is 0 Å².